The van der Waals surface area contributed by atoms with Crippen LogP contribution in [-0.4, -0.2) is 36.1 Å². The van der Waals surface area contributed by atoms with Crippen molar-refractivity contribution >= 4 is 0 Å². The van der Waals surface area contributed by atoms with E-state index in [1.165, 1.54) is 37.9 Å². The van der Waals surface area contributed by atoms with E-state index in [4.69, 9.17) is 0 Å². The van der Waals surface area contributed by atoms with Gasteiger partial charge in [0, 0.05) is 24.7 Å². The van der Waals surface area contributed by atoms with Crippen LogP contribution in [0.2, 0.25) is 0 Å². The SMILES string of the molecule is CCN1CC(C)(C2CC2)NCC1Cc1ccccc1. The second-order valence-electron chi connectivity index (χ2n) is 6.48. The van der Waals surface area contributed by atoms with Crippen LogP contribution in [0.4, 0.5) is 0 Å². The molecule has 1 N–H and O–H groups in total. The summed E-state index contributed by atoms with van der Waals surface area (Å²) in [4.78, 5) is 2.68. The maximum atomic E-state index is 3.85. The number of nitrogens with zero attached hydrogens (tertiary/aromatic N) is 1. The summed E-state index contributed by atoms with van der Waals surface area (Å²) < 4.78 is 0. The van der Waals surface area contributed by atoms with Gasteiger partial charge in [-0.05, 0) is 44.2 Å². The fourth-order valence-corrected chi connectivity index (χ4v) is 3.54. The second kappa shape index (κ2) is 5.26. The van der Waals surface area contributed by atoms with Gasteiger partial charge in [-0.2, -0.15) is 0 Å². The van der Waals surface area contributed by atoms with Crippen molar-refractivity contribution in [3.05, 3.63) is 35.9 Å². The van der Waals surface area contributed by atoms with Crippen LogP contribution in [0, 0.1) is 5.92 Å². The molecule has 2 fully saturated rings. The van der Waals surface area contributed by atoms with Crippen molar-refractivity contribution in [3.63, 3.8) is 0 Å². The topological polar surface area (TPSA) is 15.3 Å². The fraction of sp³-hybridized carbons (Fsp3) is 0.647. The first kappa shape index (κ1) is 13.1. The second-order valence-corrected chi connectivity index (χ2v) is 6.48. The Morgan fingerprint density at radius 1 is 1.26 bits per heavy atom. The summed E-state index contributed by atoms with van der Waals surface area (Å²) in [6.45, 7) is 8.24. The van der Waals surface area contributed by atoms with Crippen LogP contribution in [0.5, 0.6) is 0 Å². The van der Waals surface area contributed by atoms with Crippen molar-refractivity contribution in [2.75, 3.05) is 19.6 Å². The molecule has 2 unspecified atom stereocenters. The van der Waals surface area contributed by atoms with Gasteiger partial charge < -0.3 is 5.32 Å². The Labute approximate surface area is 117 Å². The molecule has 2 atom stereocenters. The summed E-state index contributed by atoms with van der Waals surface area (Å²) >= 11 is 0. The zero-order chi connectivity index (χ0) is 13.3. The van der Waals surface area contributed by atoms with Gasteiger partial charge in [-0.1, -0.05) is 37.3 Å². The van der Waals surface area contributed by atoms with Crippen molar-refractivity contribution in [3.8, 4) is 0 Å². The lowest BCUT2D eigenvalue weighted by atomic mass is 9.89. The highest BCUT2D eigenvalue weighted by molar-refractivity contribution is 5.17. The van der Waals surface area contributed by atoms with Crippen LogP contribution in [0.15, 0.2) is 30.3 Å². The molecule has 1 aliphatic carbocycles. The van der Waals surface area contributed by atoms with E-state index < -0.39 is 0 Å². The molecule has 1 aromatic carbocycles. The molecule has 0 bridgehead atoms. The molecular weight excluding hydrogens is 232 g/mol. The Balaban J connectivity index is 1.66. The highest BCUT2D eigenvalue weighted by Crippen LogP contribution is 2.41. The molecule has 2 aliphatic rings. The number of piperazine rings is 1. The molecule has 1 saturated carbocycles. The monoisotopic (exact) mass is 258 g/mol. The van der Waals surface area contributed by atoms with Gasteiger partial charge in [0.15, 0.2) is 0 Å². The number of likely N-dealkylation sites (N-methyl/N-ethyl adjacent to an activating group) is 1. The third-order valence-electron chi connectivity index (χ3n) is 4.99. The van der Waals surface area contributed by atoms with E-state index in [0.29, 0.717) is 11.6 Å². The summed E-state index contributed by atoms with van der Waals surface area (Å²) in [5, 5.41) is 3.85. The number of hydrogen-bond donors (Lipinski definition) is 1. The first-order valence-corrected chi connectivity index (χ1v) is 7.74. The zero-order valence-corrected chi connectivity index (χ0v) is 12.2. The van der Waals surface area contributed by atoms with Crippen LogP contribution >= 0.6 is 0 Å². The van der Waals surface area contributed by atoms with Crippen LogP contribution < -0.4 is 5.32 Å². The first-order chi connectivity index (χ1) is 9.21. The molecule has 1 saturated heterocycles. The molecule has 0 aromatic heterocycles. The smallest absolute Gasteiger partial charge is 0.0309 e. The molecule has 2 nitrogen and oxygen atoms in total. The summed E-state index contributed by atoms with van der Waals surface area (Å²) in [5.41, 5.74) is 1.83. The summed E-state index contributed by atoms with van der Waals surface area (Å²) in [7, 11) is 0. The van der Waals surface area contributed by atoms with E-state index in [1.54, 1.807) is 0 Å². The van der Waals surface area contributed by atoms with Crippen molar-refractivity contribution in [1.29, 1.82) is 0 Å². The van der Waals surface area contributed by atoms with Crippen molar-refractivity contribution in [1.82, 2.24) is 10.2 Å². The molecule has 1 aliphatic heterocycles. The number of hydrogen-bond acceptors (Lipinski definition) is 2. The molecular formula is C17H26N2. The van der Waals surface area contributed by atoms with Gasteiger partial charge in [-0.25, -0.2) is 0 Å². The van der Waals surface area contributed by atoms with Crippen LogP contribution in [0.1, 0.15) is 32.3 Å². The summed E-state index contributed by atoms with van der Waals surface area (Å²) in [5.74, 6) is 0.916. The number of nitrogens with one attached hydrogen (secondary N) is 1. The third kappa shape index (κ3) is 2.85. The lowest BCUT2D eigenvalue weighted by Crippen LogP contribution is -2.64. The number of rotatable bonds is 4. The lowest BCUT2D eigenvalue weighted by Gasteiger charge is -2.46. The van der Waals surface area contributed by atoms with E-state index in [9.17, 15) is 0 Å². The quantitative estimate of drug-likeness (QED) is 0.893. The van der Waals surface area contributed by atoms with E-state index in [1.807, 2.05) is 0 Å². The fourth-order valence-electron chi connectivity index (χ4n) is 3.54. The highest BCUT2D eigenvalue weighted by Gasteiger charge is 2.45. The maximum absolute atomic E-state index is 3.85. The maximum Gasteiger partial charge on any atom is 0.0309 e. The van der Waals surface area contributed by atoms with Gasteiger partial charge in [0.25, 0.3) is 0 Å². The minimum Gasteiger partial charge on any atom is -0.308 e. The van der Waals surface area contributed by atoms with Gasteiger partial charge >= 0.3 is 0 Å². The number of benzene rings is 1. The molecule has 0 amide bonds. The van der Waals surface area contributed by atoms with Gasteiger partial charge in [0.2, 0.25) is 0 Å². The molecule has 2 heteroatoms. The van der Waals surface area contributed by atoms with Crippen LogP contribution in [0.3, 0.4) is 0 Å². The van der Waals surface area contributed by atoms with Gasteiger partial charge in [0.05, 0.1) is 0 Å². The molecule has 0 spiro atoms. The summed E-state index contributed by atoms with van der Waals surface area (Å²) in [6.07, 6.45) is 4.01. The third-order valence-corrected chi connectivity index (χ3v) is 4.99. The Bertz CT molecular complexity index is 413. The predicted octanol–water partition coefficient (Wildman–Crippen LogP) is 2.69. The van der Waals surface area contributed by atoms with Crippen molar-refractivity contribution < 1.29 is 0 Å². The summed E-state index contributed by atoms with van der Waals surface area (Å²) in [6, 6.07) is 11.6. The average molecular weight is 258 g/mol. The predicted molar refractivity (Wildman–Crippen MR) is 80.3 cm³/mol. The molecule has 0 radical (unpaired) electrons. The van der Waals surface area contributed by atoms with E-state index in [2.05, 4.69) is 54.4 Å². The average Bonchev–Trinajstić information content (AvgIpc) is 3.27. The van der Waals surface area contributed by atoms with Crippen LogP contribution in [0.25, 0.3) is 0 Å². The minimum atomic E-state index is 0.364. The van der Waals surface area contributed by atoms with Crippen LogP contribution in [-0.2, 0) is 6.42 Å². The highest BCUT2D eigenvalue weighted by atomic mass is 15.3. The van der Waals surface area contributed by atoms with Gasteiger partial charge in [0.1, 0.15) is 0 Å². The standard InChI is InChI=1S/C17H26N2/c1-3-19-13-17(2,15-9-10-15)18-12-16(19)11-14-7-5-4-6-8-14/h4-8,15-16,18H,3,9-13H2,1-2H3. The molecule has 1 aromatic rings. The first-order valence-electron chi connectivity index (χ1n) is 7.74. The minimum absolute atomic E-state index is 0.364. The largest absolute Gasteiger partial charge is 0.308 e. The van der Waals surface area contributed by atoms with E-state index >= 15 is 0 Å². The molecule has 104 valence electrons. The van der Waals surface area contributed by atoms with Gasteiger partial charge in [-0.3, -0.25) is 4.90 Å². The Morgan fingerprint density at radius 2 is 2.00 bits per heavy atom. The zero-order valence-electron chi connectivity index (χ0n) is 12.2. The molecule has 1 heterocycles. The lowest BCUT2D eigenvalue weighted by molar-refractivity contribution is 0.0798. The van der Waals surface area contributed by atoms with Crippen molar-refractivity contribution in [2.24, 2.45) is 5.92 Å². The normalized spacial score (nSPS) is 32.4. The Hall–Kier alpha value is -0.860. The Morgan fingerprint density at radius 3 is 2.63 bits per heavy atom. The molecule has 3 rings (SSSR count). The van der Waals surface area contributed by atoms with Gasteiger partial charge in [-0.15, -0.1) is 0 Å². The van der Waals surface area contributed by atoms with E-state index in [0.717, 1.165) is 12.5 Å². The van der Waals surface area contributed by atoms with E-state index in [-0.39, 0.29) is 0 Å². The van der Waals surface area contributed by atoms with Crippen molar-refractivity contribution in [2.45, 2.75) is 44.7 Å². The molecule has 19 heavy (non-hydrogen) atoms. The Kier molecular flexibility index (Phi) is 3.64.